The lowest BCUT2D eigenvalue weighted by Gasteiger charge is -2.25. The molecule has 0 heterocycles. The fraction of sp³-hybridized carbons (Fsp3) is 0.368. The number of nitro groups is 1. The van der Waals surface area contributed by atoms with Gasteiger partial charge in [0, 0.05) is 24.7 Å². The summed E-state index contributed by atoms with van der Waals surface area (Å²) in [6.45, 7) is 5.90. The normalized spacial score (nSPS) is 13.0. The molecule has 0 aliphatic carbocycles. The van der Waals surface area contributed by atoms with E-state index in [0.29, 0.717) is 11.4 Å². The lowest BCUT2D eigenvalue weighted by atomic mass is 10.1. The van der Waals surface area contributed by atoms with Crippen LogP contribution in [0.25, 0.3) is 0 Å². The van der Waals surface area contributed by atoms with Crippen LogP contribution in [-0.2, 0) is 9.84 Å². The van der Waals surface area contributed by atoms with Crippen molar-refractivity contribution in [3.8, 4) is 0 Å². The van der Waals surface area contributed by atoms with Crippen LogP contribution in [0.15, 0.2) is 47.4 Å². The molecule has 2 rings (SSSR count). The number of hydrogen-bond acceptors (Lipinski definition) is 5. The van der Waals surface area contributed by atoms with Crippen LogP contribution in [0.2, 0.25) is 0 Å². The minimum Gasteiger partial charge on any atom is -0.299 e. The minimum absolute atomic E-state index is 0.00688. The predicted molar refractivity (Wildman–Crippen MR) is 102 cm³/mol. The molecule has 0 amide bonds. The van der Waals surface area contributed by atoms with Crippen molar-refractivity contribution in [1.29, 1.82) is 0 Å². The topological polar surface area (TPSA) is 80.5 Å². The molecule has 0 unspecified atom stereocenters. The van der Waals surface area contributed by atoms with E-state index in [2.05, 4.69) is 0 Å². The van der Waals surface area contributed by atoms with E-state index in [1.54, 1.807) is 19.1 Å². The summed E-state index contributed by atoms with van der Waals surface area (Å²) in [6.07, 6.45) is 0. The fourth-order valence-electron chi connectivity index (χ4n) is 2.76. The Hall–Kier alpha value is -2.25. The van der Waals surface area contributed by atoms with Gasteiger partial charge in [0.2, 0.25) is 0 Å². The number of nitro benzene ring substituents is 1. The summed E-state index contributed by atoms with van der Waals surface area (Å²) in [4.78, 5) is 12.8. The SMILES string of the molecule is Cc1ccc(C)c(S(=O)(=O)CCN(C)[C@@H](C)c2cccc([N+](=O)[O-])c2)c1. The Morgan fingerprint density at radius 2 is 1.85 bits per heavy atom. The van der Waals surface area contributed by atoms with Gasteiger partial charge in [-0.25, -0.2) is 8.42 Å². The highest BCUT2D eigenvalue weighted by Crippen LogP contribution is 2.24. The number of rotatable bonds is 7. The van der Waals surface area contributed by atoms with Crippen molar-refractivity contribution in [1.82, 2.24) is 4.90 Å². The Kier molecular flexibility index (Phi) is 6.15. The van der Waals surface area contributed by atoms with E-state index in [1.165, 1.54) is 12.1 Å². The summed E-state index contributed by atoms with van der Waals surface area (Å²) < 4.78 is 25.4. The first-order valence-corrected chi connectivity index (χ1v) is 10.0. The summed E-state index contributed by atoms with van der Waals surface area (Å²) in [5.41, 5.74) is 2.47. The van der Waals surface area contributed by atoms with Crippen molar-refractivity contribution in [2.24, 2.45) is 0 Å². The molecule has 0 aromatic heterocycles. The highest BCUT2D eigenvalue weighted by atomic mass is 32.2. The smallest absolute Gasteiger partial charge is 0.269 e. The lowest BCUT2D eigenvalue weighted by Crippen LogP contribution is -2.28. The lowest BCUT2D eigenvalue weighted by molar-refractivity contribution is -0.384. The Balaban J connectivity index is 2.12. The molecular formula is C19H24N2O4S. The molecule has 2 aromatic rings. The van der Waals surface area contributed by atoms with E-state index in [-0.39, 0.29) is 17.5 Å². The molecule has 2 aromatic carbocycles. The van der Waals surface area contributed by atoms with Crippen molar-refractivity contribution in [3.63, 3.8) is 0 Å². The number of benzene rings is 2. The van der Waals surface area contributed by atoms with Gasteiger partial charge in [0.15, 0.2) is 9.84 Å². The largest absolute Gasteiger partial charge is 0.299 e. The number of aryl methyl sites for hydroxylation is 2. The first-order valence-electron chi connectivity index (χ1n) is 8.36. The molecule has 7 heteroatoms. The summed E-state index contributed by atoms with van der Waals surface area (Å²) in [6, 6.07) is 11.7. The van der Waals surface area contributed by atoms with Gasteiger partial charge in [-0.2, -0.15) is 0 Å². The predicted octanol–water partition coefficient (Wildman–Crippen LogP) is 3.68. The van der Waals surface area contributed by atoms with Gasteiger partial charge in [-0.3, -0.25) is 15.0 Å². The Bertz CT molecular complexity index is 910. The molecule has 0 N–H and O–H groups in total. The first kappa shape index (κ1) is 20.1. The quantitative estimate of drug-likeness (QED) is 0.544. The number of sulfone groups is 1. The van der Waals surface area contributed by atoms with E-state index < -0.39 is 14.8 Å². The molecule has 0 fully saturated rings. The van der Waals surface area contributed by atoms with Gasteiger partial charge in [0.05, 0.1) is 15.6 Å². The molecule has 0 radical (unpaired) electrons. The maximum Gasteiger partial charge on any atom is 0.269 e. The van der Waals surface area contributed by atoms with Crippen LogP contribution < -0.4 is 0 Å². The second-order valence-corrected chi connectivity index (χ2v) is 8.67. The highest BCUT2D eigenvalue weighted by molar-refractivity contribution is 7.91. The van der Waals surface area contributed by atoms with Crippen LogP contribution in [0.4, 0.5) is 5.69 Å². The minimum atomic E-state index is -3.40. The monoisotopic (exact) mass is 376 g/mol. The van der Waals surface area contributed by atoms with Gasteiger partial charge in [0.1, 0.15) is 0 Å². The zero-order valence-electron chi connectivity index (χ0n) is 15.5. The van der Waals surface area contributed by atoms with Crippen LogP contribution >= 0.6 is 0 Å². The molecule has 26 heavy (non-hydrogen) atoms. The van der Waals surface area contributed by atoms with E-state index >= 15 is 0 Å². The molecule has 0 spiro atoms. The van der Waals surface area contributed by atoms with Gasteiger partial charge in [-0.05, 0) is 50.6 Å². The molecule has 140 valence electrons. The summed E-state index contributed by atoms with van der Waals surface area (Å²) in [5, 5.41) is 10.9. The third kappa shape index (κ3) is 4.68. The zero-order chi connectivity index (χ0) is 19.5. The van der Waals surface area contributed by atoms with Crippen LogP contribution in [-0.4, -0.2) is 37.6 Å². The standard InChI is InChI=1S/C19H24N2O4S/c1-14-8-9-15(2)19(12-14)26(24,25)11-10-20(4)16(3)17-6-5-7-18(13-17)21(22)23/h5-9,12-13,16H,10-11H2,1-4H3/t16-/m0/s1. The molecule has 6 nitrogen and oxygen atoms in total. The van der Waals surface area contributed by atoms with E-state index in [4.69, 9.17) is 0 Å². The Morgan fingerprint density at radius 1 is 1.15 bits per heavy atom. The van der Waals surface area contributed by atoms with Gasteiger partial charge < -0.3 is 0 Å². The van der Waals surface area contributed by atoms with E-state index in [1.807, 2.05) is 44.0 Å². The third-order valence-corrected chi connectivity index (χ3v) is 6.45. The number of non-ortho nitro benzene ring substituents is 1. The Labute approximate surface area is 154 Å². The fourth-order valence-corrected chi connectivity index (χ4v) is 4.44. The average molecular weight is 376 g/mol. The second-order valence-electron chi connectivity index (χ2n) is 6.60. The van der Waals surface area contributed by atoms with Gasteiger partial charge in [-0.15, -0.1) is 0 Å². The average Bonchev–Trinajstić information content (AvgIpc) is 2.61. The first-order chi connectivity index (χ1) is 12.1. The molecule has 0 bridgehead atoms. The van der Waals surface area contributed by atoms with Crippen molar-refractivity contribution in [2.75, 3.05) is 19.3 Å². The van der Waals surface area contributed by atoms with Crippen LogP contribution in [0.3, 0.4) is 0 Å². The van der Waals surface area contributed by atoms with Gasteiger partial charge >= 0.3 is 0 Å². The molecule has 1 atom stereocenters. The highest BCUT2D eigenvalue weighted by Gasteiger charge is 2.21. The molecule has 0 saturated carbocycles. The van der Waals surface area contributed by atoms with Crippen molar-refractivity contribution in [2.45, 2.75) is 31.7 Å². The number of hydrogen-bond donors (Lipinski definition) is 0. The van der Waals surface area contributed by atoms with Crippen molar-refractivity contribution >= 4 is 15.5 Å². The third-order valence-electron chi connectivity index (χ3n) is 4.62. The van der Waals surface area contributed by atoms with E-state index in [0.717, 1.165) is 16.7 Å². The number of nitrogens with zero attached hydrogens (tertiary/aromatic N) is 2. The molecule has 0 aliphatic heterocycles. The zero-order valence-corrected chi connectivity index (χ0v) is 16.3. The Morgan fingerprint density at radius 3 is 2.50 bits per heavy atom. The molecular weight excluding hydrogens is 352 g/mol. The summed E-state index contributed by atoms with van der Waals surface area (Å²) >= 11 is 0. The summed E-state index contributed by atoms with van der Waals surface area (Å²) in [7, 11) is -1.57. The maximum atomic E-state index is 12.7. The maximum absolute atomic E-state index is 12.7. The van der Waals surface area contributed by atoms with Crippen LogP contribution in [0, 0.1) is 24.0 Å². The van der Waals surface area contributed by atoms with Crippen LogP contribution in [0.1, 0.15) is 29.7 Å². The van der Waals surface area contributed by atoms with Crippen molar-refractivity contribution < 1.29 is 13.3 Å². The van der Waals surface area contributed by atoms with Gasteiger partial charge in [0.25, 0.3) is 5.69 Å². The van der Waals surface area contributed by atoms with E-state index in [9.17, 15) is 18.5 Å². The molecule has 0 aliphatic rings. The second kappa shape index (κ2) is 7.97. The van der Waals surface area contributed by atoms with Gasteiger partial charge in [-0.1, -0.05) is 24.3 Å². The van der Waals surface area contributed by atoms with Crippen LogP contribution in [0.5, 0.6) is 0 Å². The van der Waals surface area contributed by atoms with Crippen molar-refractivity contribution in [3.05, 3.63) is 69.3 Å². The summed E-state index contributed by atoms with van der Waals surface area (Å²) in [5.74, 6) is -0.00688. The molecule has 0 saturated heterocycles.